The summed E-state index contributed by atoms with van der Waals surface area (Å²) in [6.45, 7) is 1.55. The largest absolute Gasteiger partial charge is 0.497 e. The highest BCUT2D eigenvalue weighted by atomic mass is 35.5. The fourth-order valence-corrected chi connectivity index (χ4v) is 2.16. The normalized spacial score (nSPS) is 11.9. The van der Waals surface area contributed by atoms with Crippen molar-refractivity contribution in [1.82, 2.24) is 0 Å². The van der Waals surface area contributed by atoms with Gasteiger partial charge in [-0.25, -0.2) is 0 Å². The van der Waals surface area contributed by atoms with Crippen LogP contribution in [0.2, 0.25) is 0 Å². The van der Waals surface area contributed by atoms with E-state index in [4.69, 9.17) is 16.3 Å². The first-order valence-corrected chi connectivity index (χ1v) is 6.44. The summed E-state index contributed by atoms with van der Waals surface area (Å²) < 4.78 is 5.19. The van der Waals surface area contributed by atoms with E-state index >= 15 is 0 Å². The maximum Gasteiger partial charge on any atom is 0.159 e. The summed E-state index contributed by atoms with van der Waals surface area (Å²) in [5, 5.41) is -0.254. The quantitative estimate of drug-likeness (QED) is 0.616. The molecule has 0 N–H and O–H groups in total. The number of rotatable bonds is 4. The molecule has 0 aliphatic rings. The van der Waals surface area contributed by atoms with E-state index in [2.05, 4.69) is 0 Å². The molecule has 0 aromatic heterocycles. The van der Waals surface area contributed by atoms with Crippen molar-refractivity contribution >= 4 is 17.4 Å². The molecule has 19 heavy (non-hydrogen) atoms. The van der Waals surface area contributed by atoms with Gasteiger partial charge in [-0.15, -0.1) is 11.6 Å². The summed E-state index contributed by atoms with van der Waals surface area (Å²) in [4.78, 5) is 11.2. The molecule has 0 heterocycles. The third-order valence-electron chi connectivity index (χ3n) is 3.00. The number of Topliss-reactive ketones (excluding diaryl/α,β-unsaturated/α-hetero) is 1. The van der Waals surface area contributed by atoms with Crippen LogP contribution in [0.25, 0.3) is 0 Å². The van der Waals surface area contributed by atoms with Gasteiger partial charge in [0.25, 0.3) is 0 Å². The van der Waals surface area contributed by atoms with E-state index in [0.29, 0.717) is 5.56 Å². The van der Waals surface area contributed by atoms with Crippen LogP contribution in [-0.4, -0.2) is 12.9 Å². The van der Waals surface area contributed by atoms with Gasteiger partial charge >= 0.3 is 0 Å². The molecule has 3 heteroatoms. The third-order valence-corrected chi connectivity index (χ3v) is 3.50. The standard InChI is InChI=1S/C16H15ClO2/c1-11(18)12-6-8-13(9-7-12)16(17)14-4-3-5-15(10-14)19-2/h3-10,16H,1-2H3. The van der Waals surface area contributed by atoms with Gasteiger partial charge in [0.1, 0.15) is 5.75 Å². The molecule has 0 amide bonds. The van der Waals surface area contributed by atoms with Gasteiger partial charge in [0, 0.05) is 5.56 Å². The lowest BCUT2D eigenvalue weighted by molar-refractivity contribution is 0.101. The first-order chi connectivity index (χ1) is 9.11. The Kier molecular flexibility index (Phi) is 4.23. The van der Waals surface area contributed by atoms with E-state index in [1.54, 1.807) is 26.2 Å². The van der Waals surface area contributed by atoms with E-state index < -0.39 is 0 Å². The second-order valence-corrected chi connectivity index (χ2v) is 4.75. The highest BCUT2D eigenvalue weighted by Crippen LogP contribution is 2.30. The van der Waals surface area contributed by atoms with Gasteiger partial charge in [-0.2, -0.15) is 0 Å². The van der Waals surface area contributed by atoms with Gasteiger partial charge in [0.05, 0.1) is 12.5 Å². The summed E-state index contributed by atoms with van der Waals surface area (Å²) >= 11 is 6.45. The van der Waals surface area contributed by atoms with Crippen LogP contribution < -0.4 is 4.74 Å². The van der Waals surface area contributed by atoms with Crippen molar-refractivity contribution in [2.75, 3.05) is 7.11 Å². The second kappa shape index (κ2) is 5.89. The molecular formula is C16H15ClO2. The molecule has 0 spiro atoms. The van der Waals surface area contributed by atoms with E-state index in [1.807, 2.05) is 36.4 Å². The SMILES string of the molecule is COc1cccc(C(Cl)c2ccc(C(C)=O)cc2)c1. The van der Waals surface area contributed by atoms with Crippen LogP contribution in [0.1, 0.15) is 33.8 Å². The van der Waals surface area contributed by atoms with Crippen molar-refractivity contribution < 1.29 is 9.53 Å². The minimum Gasteiger partial charge on any atom is -0.497 e. The molecule has 0 radical (unpaired) electrons. The lowest BCUT2D eigenvalue weighted by Gasteiger charge is -2.12. The van der Waals surface area contributed by atoms with Gasteiger partial charge < -0.3 is 4.74 Å². The zero-order valence-electron chi connectivity index (χ0n) is 10.9. The number of benzene rings is 2. The minimum absolute atomic E-state index is 0.0547. The molecule has 0 saturated heterocycles. The topological polar surface area (TPSA) is 26.3 Å². The van der Waals surface area contributed by atoms with Crippen LogP contribution in [0.15, 0.2) is 48.5 Å². The van der Waals surface area contributed by atoms with E-state index in [0.717, 1.165) is 16.9 Å². The lowest BCUT2D eigenvalue weighted by Crippen LogP contribution is -1.96. The third kappa shape index (κ3) is 3.15. The average Bonchev–Trinajstić information content (AvgIpc) is 2.46. The summed E-state index contributed by atoms with van der Waals surface area (Å²) in [6.07, 6.45) is 0. The maximum absolute atomic E-state index is 11.2. The molecule has 1 unspecified atom stereocenters. The van der Waals surface area contributed by atoms with Crippen LogP contribution in [0.3, 0.4) is 0 Å². The van der Waals surface area contributed by atoms with Crippen molar-refractivity contribution in [1.29, 1.82) is 0 Å². The van der Waals surface area contributed by atoms with Crippen molar-refractivity contribution in [2.45, 2.75) is 12.3 Å². The number of ketones is 1. The van der Waals surface area contributed by atoms with Crippen LogP contribution in [0, 0.1) is 0 Å². The highest BCUT2D eigenvalue weighted by Gasteiger charge is 2.12. The summed E-state index contributed by atoms with van der Waals surface area (Å²) in [5.41, 5.74) is 2.62. The molecule has 1 atom stereocenters. The number of ether oxygens (including phenoxy) is 1. The number of carbonyl (C=O) groups excluding carboxylic acids is 1. The Morgan fingerprint density at radius 1 is 1.11 bits per heavy atom. The molecule has 0 aliphatic carbocycles. The Balaban J connectivity index is 2.27. The number of carbonyl (C=O) groups is 1. The van der Waals surface area contributed by atoms with Crippen molar-refractivity contribution in [2.24, 2.45) is 0 Å². The van der Waals surface area contributed by atoms with Crippen LogP contribution in [-0.2, 0) is 0 Å². The predicted octanol–water partition coefficient (Wildman–Crippen LogP) is 4.23. The van der Waals surface area contributed by atoms with Gasteiger partial charge in [-0.1, -0.05) is 36.4 Å². The Morgan fingerprint density at radius 2 is 1.79 bits per heavy atom. The van der Waals surface area contributed by atoms with E-state index in [1.165, 1.54) is 0 Å². The minimum atomic E-state index is -0.254. The predicted molar refractivity (Wildman–Crippen MR) is 77.1 cm³/mol. The van der Waals surface area contributed by atoms with Gasteiger partial charge in [-0.05, 0) is 30.2 Å². The summed E-state index contributed by atoms with van der Waals surface area (Å²) in [6, 6.07) is 15.0. The fraction of sp³-hybridized carbons (Fsp3) is 0.188. The Bertz CT molecular complexity index is 576. The zero-order chi connectivity index (χ0) is 13.8. The number of halogens is 1. The smallest absolute Gasteiger partial charge is 0.159 e. The average molecular weight is 275 g/mol. The molecule has 2 aromatic rings. The Labute approximate surface area is 118 Å². The summed E-state index contributed by atoms with van der Waals surface area (Å²) in [7, 11) is 1.63. The van der Waals surface area contributed by atoms with Gasteiger partial charge in [-0.3, -0.25) is 4.79 Å². The number of methoxy groups -OCH3 is 1. The second-order valence-electron chi connectivity index (χ2n) is 4.32. The molecule has 2 nitrogen and oxygen atoms in total. The van der Waals surface area contributed by atoms with Gasteiger partial charge in [0.2, 0.25) is 0 Å². The molecule has 0 bridgehead atoms. The Morgan fingerprint density at radius 3 is 2.37 bits per heavy atom. The molecule has 0 aliphatic heterocycles. The lowest BCUT2D eigenvalue weighted by atomic mass is 10.0. The molecule has 0 saturated carbocycles. The van der Waals surface area contributed by atoms with E-state index in [-0.39, 0.29) is 11.2 Å². The first-order valence-electron chi connectivity index (χ1n) is 6.00. The highest BCUT2D eigenvalue weighted by molar-refractivity contribution is 6.22. The summed E-state index contributed by atoms with van der Waals surface area (Å²) in [5.74, 6) is 0.836. The van der Waals surface area contributed by atoms with E-state index in [9.17, 15) is 4.79 Å². The molecule has 0 fully saturated rings. The molecular weight excluding hydrogens is 260 g/mol. The van der Waals surface area contributed by atoms with Crippen molar-refractivity contribution in [3.05, 3.63) is 65.2 Å². The fourth-order valence-electron chi connectivity index (χ4n) is 1.88. The monoisotopic (exact) mass is 274 g/mol. The van der Waals surface area contributed by atoms with Crippen molar-refractivity contribution in [3.63, 3.8) is 0 Å². The van der Waals surface area contributed by atoms with Crippen molar-refractivity contribution in [3.8, 4) is 5.75 Å². The number of alkyl halides is 1. The number of hydrogen-bond acceptors (Lipinski definition) is 2. The van der Waals surface area contributed by atoms with Crippen LogP contribution >= 0.6 is 11.6 Å². The van der Waals surface area contributed by atoms with Crippen LogP contribution in [0.4, 0.5) is 0 Å². The molecule has 2 aromatic carbocycles. The Hall–Kier alpha value is -1.80. The first kappa shape index (κ1) is 13.6. The zero-order valence-corrected chi connectivity index (χ0v) is 11.6. The maximum atomic E-state index is 11.2. The van der Waals surface area contributed by atoms with Gasteiger partial charge in [0.15, 0.2) is 5.78 Å². The molecule has 98 valence electrons. The number of hydrogen-bond donors (Lipinski definition) is 0. The van der Waals surface area contributed by atoms with Crippen LogP contribution in [0.5, 0.6) is 5.75 Å². The molecule has 2 rings (SSSR count).